The van der Waals surface area contributed by atoms with Crippen molar-refractivity contribution in [2.24, 2.45) is 0 Å². The van der Waals surface area contributed by atoms with Crippen LogP contribution >= 0.6 is 0 Å². The van der Waals surface area contributed by atoms with E-state index in [1.807, 2.05) is 38.1 Å². The van der Waals surface area contributed by atoms with Crippen molar-refractivity contribution in [3.63, 3.8) is 0 Å². The number of carbonyl (C=O) groups is 1. The van der Waals surface area contributed by atoms with E-state index < -0.39 is 15.9 Å². The van der Waals surface area contributed by atoms with Gasteiger partial charge >= 0.3 is 0 Å². The fourth-order valence-electron chi connectivity index (χ4n) is 2.91. The third-order valence-corrected chi connectivity index (χ3v) is 6.08. The number of carbonyl (C=O) groups excluding carboxylic acids is 1. The van der Waals surface area contributed by atoms with E-state index >= 15 is 0 Å². The zero-order valence-corrected chi connectivity index (χ0v) is 17.4. The summed E-state index contributed by atoms with van der Waals surface area (Å²) in [7, 11) is -2.40. The minimum absolute atomic E-state index is 0.0131. The predicted molar refractivity (Wildman–Crippen MR) is 115 cm³/mol. The Morgan fingerprint density at radius 3 is 2.45 bits per heavy atom. The van der Waals surface area contributed by atoms with E-state index in [4.69, 9.17) is 4.74 Å². The number of nitrogens with zero attached hydrogens (tertiary/aromatic N) is 1. The molecule has 0 unspecified atom stereocenters. The molecule has 152 valence electrons. The molecule has 0 bridgehead atoms. The highest BCUT2D eigenvalue weighted by Crippen LogP contribution is 2.22. The van der Waals surface area contributed by atoms with E-state index in [0.29, 0.717) is 11.4 Å². The summed E-state index contributed by atoms with van der Waals surface area (Å²) in [6.07, 6.45) is 0.0131. The summed E-state index contributed by atoms with van der Waals surface area (Å²) in [5.74, 6) is 0.202. The molecule has 0 saturated carbocycles. The quantitative estimate of drug-likeness (QED) is 0.639. The van der Waals surface area contributed by atoms with Gasteiger partial charge in [0.25, 0.3) is 0 Å². The van der Waals surface area contributed by atoms with Crippen LogP contribution in [0.15, 0.2) is 71.6 Å². The number of nitrogens with one attached hydrogen (secondary N) is 1. The number of likely N-dealkylation sites (N-methyl/N-ethyl adjacent to an activating group) is 1. The Morgan fingerprint density at radius 1 is 1.00 bits per heavy atom. The lowest BCUT2D eigenvalue weighted by Crippen LogP contribution is -2.34. The van der Waals surface area contributed by atoms with E-state index in [1.165, 1.54) is 7.05 Å². The van der Waals surface area contributed by atoms with Crippen molar-refractivity contribution in [2.45, 2.75) is 24.8 Å². The highest BCUT2D eigenvalue weighted by Gasteiger charge is 2.23. The molecule has 0 fully saturated rings. The first-order valence-electron chi connectivity index (χ1n) is 9.27. The van der Waals surface area contributed by atoms with Gasteiger partial charge in [0.15, 0.2) is 0 Å². The second-order valence-electron chi connectivity index (χ2n) is 7.01. The number of hydrogen-bond donors (Lipinski definition) is 1. The molecule has 0 aliphatic heterocycles. The summed E-state index contributed by atoms with van der Waals surface area (Å²) >= 11 is 0. The molecule has 1 amide bonds. The van der Waals surface area contributed by atoms with Crippen LogP contribution in [0.25, 0.3) is 10.8 Å². The topological polar surface area (TPSA) is 75.7 Å². The first kappa shape index (κ1) is 20.8. The Labute approximate surface area is 171 Å². The minimum atomic E-state index is -3.79. The van der Waals surface area contributed by atoms with Gasteiger partial charge in [0, 0.05) is 18.8 Å². The molecule has 0 aliphatic carbocycles. The largest absolute Gasteiger partial charge is 0.491 e. The smallest absolute Gasteiger partial charge is 0.243 e. The number of ether oxygens (including phenoxy) is 1. The van der Waals surface area contributed by atoms with Gasteiger partial charge in [-0.15, -0.1) is 0 Å². The normalized spacial score (nSPS) is 11.8. The Kier molecular flexibility index (Phi) is 6.20. The summed E-state index contributed by atoms with van der Waals surface area (Å²) in [6.45, 7) is 3.53. The second-order valence-corrected chi connectivity index (χ2v) is 9.06. The van der Waals surface area contributed by atoms with E-state index in [1.54, 1.807) is 42.5 Å². The summed E-state index contributed by atoms with van der Waals surface area (Å²) < 4.78 is 32.4. The minimum Gasteiger partial charge on any atom is -0.491 e. The van der Waals surface area contributed by atoms with Crippen LogP contribution in [0.3, 0.4) is 0 Å². The summed E-state index contributed by atoms with van der Waals surface area (Å²) in [4.78, 5) is 12.5. The number of fused-ring (bicyclic) bond motifs is 1. The lowest BCUT2D eigenvalue weighted by atomic mass is 10.1. The van der Waals surface area contributed by atoms with Gasteiger partial charge in [0.1, 0.15) is 5.75 Å². The zero-order valence-electron chi connectivity index (χ0n) is 16.6. The molecule has 0 spiro atoms. The Balaban J connectivity index is 1.71. The molecule has 29 heavy (non-hydrogen) atoms. The molecule has 6 nitrogen and oxygen atoms in total. The van der Waals surface area contributed by atoms with Crippen LogP contribution in [0.4, 0.5) is 5.69 Å². The van der Waals surface area contributed by atoms with Gasteiger partial charge in [-0.3, -0.25) is 4.79 Å². The molecule has 0 radical (unpaired) electrons. The third kappa shape index (κ3) is 5.13. The fraction of sp³-hybridized carbons (Fsp3) is 0.227. The predicted octanol–water partition coefficient (Wildman–Crippen LogP) is 3.89. The van der Waals surface area contributed by atoms with Gasteiger partial charge < -0.3 is 10.1 Å². The lowest BCUT2D eigenvalue weighted by molar-refractivity contribution is -0.116. The Hall–Kier alpha value is -2.90. The van der Waals surface area contributed by atoms with Crippen LogP contribution in [0.1, 0.15) is 13.8 Å². The van der Waals surface area contributed by atoms with Gasteiger partial charge in [-0.1, -0.05) is 36.4 Å². The molecule has 3 aromatic rings. The molecule has 0 aliphatic rings. The van der Waals surface area contributed by atoms with Crippen molar-refractivity contribution < 1.29 is 17.9 Å². The third-order valence-electron chi connectivity index (χ3n) is 4.28. The van der Waals surface area contributed by atoms with E-state index in [0.717, 1.165) is 15.1 Å². The standard InChI is InChI=1S/C22H24N2O4S/c1-16(2)28-20-10-6-9-19(14-20)23-22(25)15-24(3)29(26,27)21-12-11-17-7-4-5-8-18(17)13-21/h4-14,16H,15H2,1-3H3,(H,23,25). The van der Waals surface area contributed by atoms with Gasteiger partial charge in [-0.2, -0.15) is 4.31 Å². The number of hydrogen-bond acceptors (Lipinski definition) is 4. The van der Waals surface area contributed by atoms with Gasteiger partial charge in [-0.25, -0.2) is 8.42 Å². The Morgan fingerprint density at radius 2 is 1.72 bits per heavy atom. The number of rotatable bonds is 7. The number of anilines is 1. The average Bonchev–Trinajstić information content (AvgIpc) is 2.67. The van der Waals surface area contributed by atoms with E-state index in [2.05, 4.69) is 5.32 Å². The molecule has 0 atom stereocenters. The van der Waals surface area contributed by atoms with Gasteiger partial charge in [-0.05, 0) is 48.9 Å². The molecular formula is C22H24N2O4S. The van der Waals surface area contributed by atoms with Crippen molar-refractivity contribution in [1.82, 2.24) is 4.31 Å². The van der Waals surface area contributed by atoms with Crippen molar-refractivity contribution in [3.8, 4) is 5.75 Å². The highest BCUT2D eigenvalue weighted by atomic mass is 32.2. The molecule has 0 aromatic heterocycles. The first-order chi connectivity index (χ1) is 13.8. The summed E-state index contributed by atoms with van der Waals surface area (Å²) in [6, 6.07) is 19.4. The van der Waals surface area contributed by atoms with E-state index in [9.17, 15) is 13.2 Å². The number of sulfonamides is 1. The molecule has 7 heteroatoms. The molecule has 3 aromatic carbocycles. The number of benzene rings is 3. The summed E-state index contributed by atoms with van der Waals surface area (Å²) in [5.41, 5.74) is 0.546. The first-order valence-corrected chi connectivity index (χ1v) is 10.7. The highest BCUT2D eigenvalue weighted by molar-refractivity contribution is 7.89. The van der Waals surface area contributed by atoms with Crippen molar-refractivity contribution >= 4 is 32.4 Å². The average molecular weight is 413 g/mol. The van der Waals surface area contributed by atoms with Crippen LogP contribution in [0.5, 0.6) is 5.75 Å². The lowest BCUT2D eigenvalue weighted by Gasteiger charge is -2.17. The number of amides is 1. The molecular weight excluding hydrogens is 388 g/mol. The second kappa shape index (κ2) is 8.63. The Bertz CT molecular complexity index is 1130. The van der Waals surface area contributed by atoms with Crippen molar-refractivity contribution in [3.05, 3.63) is 66.7 Å². The van der Waals surface area contributed by atoms with Gasteiger partial charge in [0.2, 0.25) is 15.9 Å². The zero-order chi connectivity index (χ0) is 21.0. The SMILES string of the molecule is CC(C)Oc1cccc(NC(=O)CN(C)S(=O)(=O)c2ccc3ccccc3c2)c1. The molecule has 1 N–H and O–H groups in total. The molecule has 0 heterocycles. The monoisotopic (exact) mass is 412 g/mol. The van der Waals surface area contributed by atoms with Crippen LogP contribution in [-0.4, -0.2) is 38.3 Å². The molecule has 3 rings (SSSR count). The van der Waals surface area contributed by atoms with Gasteiger partial charge in [0.05, 0.1) is 17.5 Å². The van der Waals surface area contributed by atoms with E-state index in [-0.39, 0.29) is 17.5 Å². The van der Waals surface area contributed by atoms with Crippen LogP contribution in [0.2, 0.25) is 0 Å². The van der Waals surface area contributed by atoms with Crippen LogP contribution in [-0.2, 0) is 14.8 Å². The maximum Gasteiger partial charge on any atom is 0.243 e. The van der Waals surface area contributed by atoms with Crippen molar-refractivity contribution in [1.29, 1.82) is 0 Å². The maximum absolute atomic E-state index is 12.9. The van der Waals surface area contributed by atoms with Crippen LogP contribution in [0, 0.1) is 0 Å². The summed E-state index contributed by atoms with van der Waals surface area (Å²) in [5, 5.41) is 4.50. The molecule has 0 saturated heterocycles. The fourth-order valence-corrected chi connectivity index (χ4v) is 4.08. The van der Waals surface area contributed by atoms with Crippen molar-refractivity contribution in [2.75, 3.05) is 18.9 Å². The maximum atomic E-state index is 12.9. The van der Waals surface area contributed by atoms with Crippen LogP contribution < -0.4 is 10.1 Å².